The third-order valence-electron chi connectivity index (χ3n) is 3.78. The first-order valence-electron chi connectivity index (χ1n) is 7.56. The van der Waals surface area contributed by atoms with Crippen LogP contribution >= 0.6 is 0 Å². The highest BCUT2D eigenvalue weighted by Gasteiger charge is 2.22. The van der Waals surface area contributed by atoms with Crippen molar-refractivity contribution in [3.63, 3.8) is 0 Å². The second-order valence-corrected chi connectivity index (χ2v) is 5.61. The second kappa shape index (κ2) is 6.68. The van der Waals surface area contributed by atoms with Gasteiger partial charge in [-0.1, -0.05) is 12.1 Å². The number of carbonyl (C=O) groups excluding carboxylic acids is 1. The summed E-state index contributed by atoms with van der Waals surface area (Å²) >= 11 is 0. The van der Waals surface area contributed by atoms with Crippen LogP contribution in [0.1, 0.15) is 20.8 Å². The van der Waals surface area contributed by atoms with Crippen LogP contribution in [0.25, 0.3) is 11.0 Å². The fraction of sp³-hybridized carbons (Fsp3) is 0.438. The van der Waals surface area contributed by atoms with Crippen molar-refractivity contribution in [2.24, 2.45) is 0 Å². The highest BCUT2D eigenvalue weighted by molar-refractivity contribution is 5.83. The van der Waals surface area contributed by atoms with Crippen molar-refractivity contribution in [2.75, 3.05) is 6.54 Å². The van der Waals surface area contributed by atoms with E-state index >= 15 is 0 Å². The van der Waals surface area contributed by atoms with Gasteiger partial charge in [0.2, 0.25) is 5.91 Å². The zero-order valence-corrected chi connectivity index (χ0v) is 13.5. The summed E-state index contributed by atoms with van der Waals surface area (Å²) in [5, 5.41) is 8.95. The lowest BCUT2D eigenvalue weighted by Crippen LogP contribution is -2.43. The number of amides is 1. The number of aromatic nitrogens is 2. The zero-order chi connectivity index (χ0) is 17.1. The topological polar surface area (TPSA) is 84.5 Å². The maximum absolute atomic E-state index is 12.5. The largest absolute Gasteiger partial charge is 0.480 e. The van der Waals surface area contributed by atoms with Gasteiger partial charge in [-0.05, 0) is 32.9 Å². The monoisotopic (exact) mass is 319 g/mol. The highest BCUT2D eigenvalue weighted by atomic mass is 16.4. The molecule has 1 N–H and O–H groups in total. The predicted molar refractivity (Wildman–Crippen MR) is 86.4 cm³/mol. The van der Waals surface area contributed by atoms with Gasteiger partial charge in [-0.2, -0.15) is 0 Å². The molecule has 1 heterocycles. The number of nitrogens with zero attached hydrogens (tertiary/aromatic N) is 3. The molecule has 0 saturated carbocycles. The van der Waals surface area contributed by atoms with Crippen LogP contribution in [-0.4, -0.2) is 43.6 Å². The summed E-state index contributed by atoms with van der Waals surface area (Å²) in [5.74, 6) is -1.46. The molecule has 124 valence electrons. The van der Waals surface area contributed by atoms with E-state index < -0.39 is 5.97 Å². The fourth-order valence-electron chi connectivity index (χ4n) is 2.66. The predicted octanol–water partition coefficient (Wildman–Crippen LogP) is 1.14. The molecule has 0 aliphatic heterocycles. The number of fused-ring (bicyclic) bond motifs is 1. The first-order valence-corrected chi connectivity index (χ1v) is 7.56. The van der Waals surface area contributed by atoms with Gasteiger partial charge < -0.3 is 10.0 Å². The Morgan fingerprint density at radius 1 is 1.17 bits per heavy atom. The third-order valence-corrected chi connectivity index (χ3v) is 3.78. The number of aliphatic carboxylic acids is 1. The van der Waals surface area contributed by atoms with Gasteiger partial charge in [-0.25, -0.2) is 4.79 Å². The Bertz CT molecular complexity index is 788. The Balaban J connectivity index is 2.41. The van der Waals surface area contributed by atoms with E-state index in [0.717, 1.165) is 5.52 Å². The fourth-order valence-corrected chi connectivity index (χ4v) is 2.66. The van der Waals surface area contributed by atoms with Gasteiger partial charge in [0.05, 0.1) is 11.0 Å². The number of para-hydroxylation sites is 2. The van der Waals surface area contributed by atoms with Crippen LogP contribution in [0.4, 0.5) is 0 Å². The maximum atomic E-state index is 12.5. The summed E-state index contributed by atoms with van der Waals surface area (Å²) in [7, 11) is 0. The lowest BCUT2D eigenvalue weighted by molar-refractivity contribution is -0.146. The zero-order valence-electron chi connectivity index (χ0n) is 13.5. The minimum Gasteiger partial charge on any atom is -0.480 e. The molecule has 23 heavy (non-hydrogen) atoms. The third kappa shape index (κ3) is 3.28. The molecule has 0 aliphatic carbocycles. The minimum atomic E-state index is -1.07. The molecule has 1 aromatic heterocycles. The Kier molecular flexibility index (Phi) is 4.88. The molecule has 0 saturated heterocycles. The van der Waals surface area contributed by atoms with Crippen LogP contribution in [0.15, 0.2) is 29.1 Å². The molecule has 1 amide bonds. The van der Waals surface area contributed by atoms with Crippen molar-refractivity contribution in [2.45, 2.75) is 39.9 Å². The van der Waals surface area contributed by atoms with Crippen LogP contribution in [0, 0.1) is 0 Å². The summed E-state index contributed by atoms with van der Waals surface area (Å²) in [6.07, 6.45) is 0. The molecular formula is C16H21N3O4. The molecule has 0 unspecified atom stereocenters. The summed E-state index contributed by atoms with van der Waals surface area (Å²) in [6.45, 7) is 5.32. The van der Waals surface area contributed by atoms with E-state index in [1.807, 2.05) is 19.1 Å². The van der Waals surface area contributed by atoms with E-state index in [2.05, 4.69) is 0 Å². The average molecular weight is 319 g/mol. The highest BCUT2D eigenvalue weighted by Crippen LogP contribution is 2.13. The lowest BCUT2D eigenvalue weighted by Gasteiger charge is -2.25. The van der Waals surface area contributed by atoms with E-state index in [0.29, 0.717) is 12.1 Å². The van der Waals surface area contributed by atoms with E-state index in [9.17, 15) is 14.4 Å². The van der Waals surface area contributed by atoms with E-state index in [1.165, 1.54) is 9.47 Å². The quantitative estimate of drug-likeness (QED) is 0.865. The van der Waals surface area contributed by atoms with E-state index in [-0.39, 0.29) is 30.7 Å². The molecule has 0 atom stereocenters. The summed E-state index contributed by atoms with van der Waals surface area (Å²) in [6, 6.07) is 7.01. The Labute approximate surface area is 133 Å². The number of aryl methyl sites for hydroxylation is 1. The number of hydrogen-bond donors (Lipinski definition) is 1. The first kappa shape index (κ1) is 16.8. The molecule has 0 radical (unpaired) electrons. The SMILES string of the molecule is CCn1c(=O)n(CC(=O)N(CC(=O)O)C(C)C)c2ccccc21. The van der Waals surface area contributed by atoms with Crippen molar-refractivity contribution in [1.82, 2.24) is 14.0 Å². The van der Waals surface area contributed by atoms with Crippen LogP contribution in [0.2, 0.25) is 0 Å². The molecule has 0 spiro atoms. The van der Waals surface area contributed by atoms with Crippen LogP contribution in [0.5, 0.6) is 0 Å². The van der Waals surface area contributed by atoms with Gasteiger partial charge in [-0.15, -0.1) is 0 Å². The van der Waals surface area contributed by atoms with Gasteiger partial charge in [0.1, 0.15) is 13.1 Å². The second-order valence-electron chi connectivity index (χ2n) is 5.61. The number of hydrogen-bond acceptors (Lipinski definition) is 3. The van der Waals surface area contributed by atoms with Gasteiger partial charge in [0.25, 0.3) is 0 Å². The van der Waals surface area contributed by atoms with Crippen molar-refractivity contribution >= 4 is 22.9 Å². The van der Waals surface area contributed by atoms with Crippen molar-refractivity contribution in [3.05, 3.63) is 34.7 Å². The molecule has 1 aromatic carbocycles. The molecule has 2 rings (SSSR count). The molecular weight excluding hydrogens is 298 g/mol. The normalized spacial score (nSPS) is 11.1. The Morgan fingerprint density at radius 3 is 2.22 bits per heavy atom. The van der Waals surface area contributed by atoms with Gasteiger partial charge in [-0.3, -0.25) is 18.7 Å². The number of benzene rings is 1. The van der Waals surface area contributed by atoms with Gasteiger partial charge in [0.15, 0.2) is 0 Å². The number of carboxylic acids is 1. The van der Waals surface area contributed by atoms with E-state index in [1.54, 1.807) is 30.5 Å². The summed E-state index contributed by atoms with van der Waals surface area (Å²) in [5.41, 5.74) is 1.18. The molecule has 0 bridgehead atoms. The van der Waals surface area contributed by atoms with Crippen LogP contribution in [0.3, 0.4) is 0 Å². The van der Waals surface area contributed by atoms with E-state index in [4.69, 9.17) is 5.11 Å². The Hall–Kier alpha value is -2.57. The smallest absolute Gasteiger partial charge is 0.329 e. The molecule has 7 nitrogen and oxygen atoms in total. The standard InChI is InChI=1S/C16H21N3O4/c1-4-17-12-7-5-6-8-13(12)19(16(17)23)9-14(20)18(11(2)3)10-15(21)22/h5-8,11H,4,9-10H2,1-3H3,(H,21,22). The Morgan fingerprint density at radius 2 is 1.74 bits per heavy atom. The van der Waals surface area contributed by atoms with Gasteiger partial charge >= 0.3 is 11.7 Å². The molecule has 0 aliphatic rings. The maximum Gasteiger partial charge on any atom is 0.329 e. The van der Waals surface area contributed by atoms with Crippen LogP contribution < -0.4 is 5.69 Å². The molecule has 2 aromatic rings. The van der Waals surface area contributed by atoms with Crippen LogP contribution in [-0.2, 0) is 22.7 Å². The van der Waals surface area contributed by atoms with Crippen molar-refractivity contribution in [3.8, 4) is 0 Å². The summed E-state index contributed by atoms with van der Waals surface area (Å²) in [4.78, 5) is 37.2. The molecule has 7 heteroatoms. The average Bonchev–Trinajstić information content (AvgIpc) is 2.76. The molecule has 0 fully saturated rings. The lowest BCUT2D eigenvalue weighted by atomic mass is 10.3. The number of imidazole rings is 1. The number of carboxylic acid groups (broad SMARTS) is 1. The van der Waals surface area contributed by atoms with Crippen molar-refractivity contribution in [1.29, 1.82) is 0 Å². The number of carbonyl (C=O) groups is 2. The van der Waals surface area contributed by atoms with Crippen molar-refractivity contribution < 1.29 is 14.7 Å². The minimum absolute atomic E-state index is 0.169. The summed E-state index contributed by atoms with van der Waals surface area (Å²) < 4.78 is 3.00. The number of rotatable bonds is 6. The van der Waals surface area contributed by atoms with Gasteiger partial charge in [0, 0.05) is 12.6 Å². The first-order chi connectivity index (χ1) is 10.9.